The first-order chi connectivity index (χ1) is 7.39. The molecular weight excluding hydrogens is 198 g/mol. The van der Waals surface area contributed by atoms with Crippen LogP contribution in [-0.4, -0.2) is 23.8 Å². The van der Waals surface area contributed by atoms with Gasteiger partial charge in [-0.25, -0.2) is 0 Å². The molecule has 0 spiro atoms. The van der Waals surface area contributed by atoms with Crippen LogP contribution in [0.5, 0.6) is 0 Å². The van der Waals surface area contributed by atoms with E-state index < -0.39 is 0 Å². The van der Waals surface area contributed by atoms with Gasteiger partial charge in [-0.1, -0.05) is 47.0 Å². The third kappa shape index (κ3) is 9.17. The van der Waals surface area contributed by atoms with Crippen LogP contribution in [0.1, 0.15) is 66.7 Å². The summed E-state index contributed by atoms with van der Waals surface area (Å²) in [6.07, 6.45) is 6.13. The number of aliphatic hydroxyl groups excluding tert-OH is 1. The lowest BCUT2D eigenvalue weighted by molar-refractivity contribution is 0.188. The Kier molecular flexibility index (Phi) is 8.04. The molecule has 2 N–H and O–H groups in total. The van der Waals surface area contributed by atoms with E-state index in [0.717, 1.165) is 6.42 Å². The summed E-state index contributed by atoms with van der Waals surface area (Å²) in [7, 11) is 0. The monoisotopic (exact) mass is 229 g/mol. The topological polar surface area (TPSA) is 32.3 Å². The molecule has 2 heteroatoms. The van der Waals surface area contributed by atoms with Gasteiger partial charge in [0, 0.05) is 12.1 Å². The minimum absolute atomic E-state index is 0.245. The van der Waals surface area contributed by atoms with E-state index in [-0.39, 0.29) is 18.1 Å². The predicted molar refractivity (Wildman–Crippen MR) is 71.7 cm³/mol. The molecule has 2 unspecified atom stereocenters. The minimum Gasteiger partial charge on any atom is -0.395 e. The van der Waals surface area contributed by atoms with Crippen molar-refractivity contribution in [1.82, 2.24) is 5.32 Å². The third-order valence-corrected chi connectivity index (χ3v) is 2.84. The maximum atomic E-state index is 9.35. The van der Waals surface area contributed by atoms with Crippen LogP contribution >= 0.6 is 0 Å². The third-order valence-electron chi connectivity index (χ3n) is 2.84. The van der Waals surface area contributed by atoms with Crippen molar-refractivity contribution in [3.63, 3.8) is 0 Å². The molecule has 0 amide bonds. The average molecular weight is 229 g/mol. The Balaban J connectivity index is 3.83. The standard InChI is InChI=1S/C14H31NO/c1-6-7-8-9-12(2)15-13(11-16)10-14(3,4)5/h12-13,15-16H,6-11H2,1-5H3. The molecule has 0 fully saturated rings. The average Bonchev–Trinajstić information content (AvgIpc) is 2.15. The van der Waals surface area contributed by atoms with E-state index in [1.165, 1.54) is 25.7 Å². The molecule has 0 saturated carbocycles. The maximum Gasteiger partial charge on any atom is 0.0584 e. The van der Waals surface area contributed by atoms with Crippen LogP contribution in [0.4, 0.5) is 0 Å². The van der Waals surface area contributed by atoms with E-state index in [1.54, 1.807) is 0 Å². The molecule has 0 radical (unpaired) electrons. The van der Waals surface area contributed by atoms with Crippen molar-refractivity contribution in [2.24, 2.45) is 5.41 Å². The molecule has 0 aliphatic rings. The first-order valence-electron chi connectivity index (χ1n) is 6.76. The van der Waals surface area contributed by atoms with Gasteiger partial charge in [-0.3, -0.25) is 0 Å². The minimum atomic E-state index is 0.245. The van der Waals surface area contributed by atoms with Crippen LogP contribution in [0.25, 0.3) is 0 Å². The van der Waals surface area contributed by atoms with Crippen molar-refractivity contribution in [3.8, 4) is 0 Å². The molecule has 16 heavy (non-hydrogen) atoms. The van der Waals surface area contributed by atoms with Crippen molar-refractivity contribution in [3.05, 3.63) is 0 Å². The first-order valence-corrected chi connectivity index (χ1v) is 6.76. The molecule has 2 atom stereocenters. The largest absolute Gasteiger partial charge is 0.395 e. The number of hydrogen-bond acceptors (Lipinski definition) is 2. The van der Waals surface area contributed by atoms with Gasteiger partial charge >= 0.3 is 0 Å². The lowest BCUT2D eigenvalue weighted by Gasteiger charge is -2.28. The van der Waals surface area contributed by atoms with E-state index >= 15 is 0 Å². The van der Waals surface area contributed by atoms with E-state index in [9.17, 15) is 5.11 Å². The molecule has 0 saturated heterocycles. The Labute approximate surface area is 102 Å². The van der Waals surface area contributed by atoms with Crippen molar-refractivity contribution in [1.29, 1.82) is 0 Å². The molecular formula is C14H31NO. The van der Waals surface area contributed by atoms with Crippen LogP contribution in [0.3, 0.4) is 0 Å². The van der Waals surface area contributed by atoms with Crippen LogP contribution in [0.15, 0.2) is 0 Å². The Morgan fingerprint density at radius 2 is 1.81 bits per heavy atom. The van der Waals surface area contributed by atoms with Gasteiger partial charge in [0.05, 0.1) is 6.61 Å². The zero-order valence-corrected chi connectivity index (χ0v) is 11.8. The highest BCUT2D eigenvalue weighted by atomic mass is 16.3. The summed E-state index contributed by atoms with van der Waals surface area (Å²) in [4.78, 5) is 0. The summed E-state index contributed by atoms with van der Waals surface area (Å²) in [5.74, 6) is 0. The second kappa shape index (κ2) is 8.08. The Hall–Kier alpha value is -0.0800. The SMILES string of the molecule is CCCCCC(C)NC(CO)CC(C)(C)C. The van der Waals surface area contributed by atoms with Crippen molar-refractivity contribution in [2.75, 3.05) is 6.61 Å². The molecule has 0 aromatic carbocycles. The Morgan fingerprint density at radius 3 is 2.25 bits per heavy atom. The fourth-order valence-corrected chi connectivity index (χ4v) is 2.10. The van der Waals surface area contributed by atoms with Crippen LogP contribution in [0.2, 0.25) is 0 Å². The zero-order valence-electron chi connectivity index (χ0n) is 11.8. The fourth-order valence-electron chi connectivity index (χ4n) is 2.10. The van der Waals surface area contributed by atoms with Gasteiger partial charge in [0.1, 0.15) is 0 Å². The first kappa shape index (κ1) is 15.9. The number of rotatable bonds is 8. The Morgan fingerprint density at radius 1 is 1.19 bits per heavy atom. The molecule has 0 rings (SSSR count). The molecule has 0 heterocycles. The van der Waals surface area contributed by atoms with Gasteiger partial charge in [-0.15, -0.1) is 0 Å². The maximum absolute atomic E-state index is 9.35. The highest BCUT2D eigenvalue weighted by molar-refractivity contribution is 4.76. The highest BCUT2D eigenvalue weighted by Gasteiger charge is 2.19. The molecule has 0 aromatic heterocycles. The van der Waals surface area contributed by atoms with Gasteiger partial charge < -0.3 is 10.4 Å². The Bertz CT molecular complexity index is 163. The lowest BCUT2D eigenvalue weighted by atomic mass is 9.88. The number of hydrogen-bond donors (Lipinski definition) is 2. The van der Waals surface area contributed by atoms with Crippen molar-refractivity contribution < 1.29 is 5.11 Å². The van der Waals surface area contributed by atoms with Crippen molar-refractivity contribution in [2.45, 2.75) is 78.8 Å². The van der Waals surface area contributed by atoms with Crippen LogP contribution in [-0.2, 0) is 0 Å². The molecule has 98 valence electrons. The second-order valence-electron chi connectivity index (χ2n) is 6.21. The van der Waals surface area contributed by atoms with E-state index in [4.69, 9.17) is 0 Å². The quantitative estimate of drug-likeness (QED) is 0.626. The summed E-state index contributed by atoms with van der Waals surface area (Å²) in [6, 6.07) is 0.766. The summed E-state index contributed by atoms with van der Waals surface area (Å²) in [6.45, 7) is 11.4. The summed E-state index contributed by atoms with van der Waals surface area (Å²) in [5, 5.41) is 12.9. The van der Waals surface area contributed by atoms with E-state index in [0.29, 0.717) is 6.04 Å². The van der Waals surface area contributed by atoms with E-state index in [1.807, 2.05) is 0 Å². The number of unbranched alkanes of at least 4 members (excludes halogenated alkanes) is 2. The molecule has 0 bridgehead atoms. The van der Waals surface area contributed by atoms with Gasteiger partial charge in [-0.2, -0.15) is 0 Å². The number of nitrogens with one attached hydrogen (secondary N) is 1. The van der Waals surface area contributed by atoms with Crippen molar-refractivity contribution >= 4 is 0 Å². The molecule has 0 aliphatic carbocycles. The predicted octanol–water partition coefficient (Wildman–Crippen LogP) is 3.34. The van der Waals surface area contributed by atoms with Gasteiger partial charge in [0.15, 0.2) is 0 Å². The summed E-state index contributed by atoms with van der Waals surface area (Å²) >= 11 is 0. The van der Waals surface area contributed by atoms with Gasteiger partial charge in [0.25, 0.3) is 0 Å². The van der Waals surface area contributed by atoms with Gasteiger partial charge in [0.2, 0.25) is 0 Å². The van der Waals surface area contributed by atoms with Crippen LogP contribution < -0.4 is 5.32 Å². The summed E-state index contributed by atoms with van der Waals surface area (Å²) in [5.41, 5.74) is 0.281. The fraction of sp³-hybridized carbons (Fsp3) is 1.00. The van der Waals surface area contributed by atoms with E-state index in [2.05, 4.69) is 39.9 Å². The second-order valence-corrected chi connectivity index (χ2v) is 6.21. The van der Waals surface area contributed by atoms with Gasteiger partial charge in [-0.05, 0) is 25.2 Å². The number of aliphatic hydroxyl groups is 1. The summed E-state index contributed by atoms with van der Waals surface area (Å²) < 4.78 is 0. The molecule has 0 aromatic rings. The normalized spacial score (nSPS) is 16.1. The smallest absolute Gasteiger partial charge is 0.0584 e. The molecule has 0 aliphatic heterocycles. The lowest BCUT2D eigenvalue weighted by Crippen LogP contribution is -2.41. The zero-order chi connectivity index (χ0) is 12.6. The molecule has 2 nitrogen and oxygen atoms in total. The van der Waals surface area contributed by atoms with Crippen LogP contribution in [0, 0.1) is 5.41 Å². The highest BCUT2D eigenvalue weighted by Crippen LogP contribution is 2.21.